The lowest BCUT2D eigenvalue weighted by atomic mass is 10.0. The highest BCUT2D eigenvalue weighted by molar-refractivity contribution is 5.81. The van der Waals surface area contributed by atoms with Gasteiger partial charge >= 0.3 is 12.1 Å². The molecule has 0 radical (unpaired) electrons. The zero-order valence-corrected chi connectivity index (χ0v) is 8.40. The van der Waals surface area contributed by atoms with Crippen molar-refractivity contribution in [1.29, 1.82) is 0 Å². The van der Waals surface area contributed by atoms with E-state index in [1.807, 2.05) is 6.92 Å². The zero-order valence-electron chi connectivity index (χ0n) is 8.40. The van der Waals surface area contributed by atoms with Gasteiger partial charge in [-0.05, 0) is 19.3 Å². The van der Waals surface area contributed by atoms with E-state index in [9.17, 15) is 9.59 Å². The molecular weight excluding hydrogens is 186 g/mol. The molecule has 80 valence electrons. The second-order valence-electron chi connectivity index (χ2n) is 3.44. The Morgan fingerprint density at radius 1 is 1.57 bits per heavy atom. The summed E-state index contributed by atoms with van der Waals surface area (Å²) < 4.78 is 4.78. The number of amides is 1. The van der Waals surface area contributed by atoms with Crippen molar-refractivity contribution in [2.24, 2.45) is 5.92 Å². The van der Waals surface area contributed by atoms with Crippen molar-refractivity contribution >= 4 is 12.1 Å². The minimum Gasteiger partial charge on any atom is -0.480 e. The van der Waals surface area contributed by atoms with Crippen molar-refractivity contribution in [3.05, 3.63) is 0 Å². The summed E-state index contributed by atoms with van der Waals surface area (Å²) in [6.07, 6.45) is 0.194. The third kappa shape index (κ3) is 1.97. The highest BCUT2D eigenvalue weighted by atomic mass is 16.6. The van der Waals surface area contributed by atoms with Gasteiger partial charge in [0.2, 0.25) is 0 Å². The summed E-state index contributed by atoms with van der Waals surface area (Å²) in [6, 6.07) is -0.728. The quantitative estimate of drug-likeness (QED) is 0.722. The molecule has 1 aliphatic heterocycles. The van der Waals surface area contributed by atoms with Crippen LogP contribution in [-0.4, -0.2) is 41.3 Å². The minimum atomic E-state index is -0.956. The molecule has 0 bridgehead atoms. The van der Waals surface area contributed by atoms with Gasteiger partial charge in [-0.25, -0.2) is 9.59 Å². The van der Waals surface area contributed by atoms with Gasteiger partial charge < -0.3 is 9.84 Å². The molecule has 5 heteroatoms. The predicted molar refractivity (Wildman–Crippen MR) is 48.9 cm³/mol. The lowest BCUT2D eigenvalue weighted by Gasteiger charge is -2.22. The summed E-state index contributed by atoms with van der Waals surface area (Å²) in [7, 11) is 0. The van der Waals surface area contributed by atoms with Gasteiger partial charge in [-0.15, -0.1) is 0 Å². The van der Waals surface area contributed by atoms with E-state index in [0.29, 0.717) is 6.54 Å². The van der Waals surface area contributed by atoms with E-state index in [-0.39, 0.29) is 12.5 Å². The van der Waals surface area contributed by atoms with Crippen molar-refractivity contribution in [1.82, 2.24) is 4.90 Å². The van der Waals surface area contributed by atoms with Crippen LogP contribution in [0, 0.1) is 5.92 Å². The van der Waals surface area contributed by atoms with Crippen molar-refractivity contribution in [3.8, 4) is 0 Å². The van der Waals surface area contributed by atoms with Crippen LogP contribution < -0.4 is 0 Å². The fourth-order valence-electron chi connectivity index (χ4n) is 1.73. The number of carboxylic acid groups (broad SMARTS) is 1. The maximum Gasteiger partial charge on any atom is 0.410 e. The van der Waals surface area contributed by atoms with E-state index in [4.69, 9.17) is 9.84 Å². The molecule has 5 nitrogen and oxygen atoms in total. The normalized spacial score (nSPS) is 26.3. The molecule has 1 saturated heterocycles. The van der Waals surface area contributed by atoms with E-state index in [2.05, 4.69) is 0 Å². The molecule has 1 amide bonds. The van der Waals surface area contributed by atoms with Crippen LogP contribution in [0.15, 0.2) is 0 Å². The maximum absolute atomic E-state index is 11.3. The summed E-state index contributed by atoms with van der Waals surface area (Å²) in [5.41, 5.74) is 0. The van der Waals surface area contributed by atoms with Crippen LogP contribution in [0.3, 0.4) is 0 Å². The van der Waals surface area contributed by atoms with Gasteiger partial charge in [0.25, 0.3) is 0 Å². The molecule has 0 aromatic carbocycles. The molecule has 1 heterocycles. The summed E-state index contributed by atoms with van der Waals surface area (Å²) in [5.74, 6) is -0.958. The Hall–Kier alpha value is -1.26. The third-order valence-corrected chi connectivity index (χ3v) is 2.46. The van der Waals surface area contributed by atoms with E-state index in [1.54, 1.807) is 6.92 Å². The SMILES string of the molecule is CCOC(=O)N1CCC(C)C1C(=O)O. The largest absolute Gasteiger partial charge is 0.480 e. The molecule has 1 rings (SSSR count). The Labute approximate surface area is 82.6 Å². The van der Waals surface area contributed by atoms with Crippen LogP contribution in [0.1, 0.15) is 20.3 Å². The van der Waals surface area contributed by atoms with Gasteiger partial charge in [0.1, 0.15) is 6.04 Å². The Bertz CT molecular complexity index is 241. The second kappa shape index (κ2) is 4.30. The zero-order chi connectivity index (χ0) is 10.7. The molecule has 14 heavy (non-hydrogen) atoms. The summed E-state index contributed by atoms with van der Waals surface area (Å²) in [6.45, 7) is 4.28. The molecule has 0 saturated carbocycles. The minimum absolute atomic E-state index is 0.00286. The van der Waals surface area contributed by atoms with Gasteiger partial charge in [0.05, 0.1) is 6.61 Å². The average molecular weight is 201 g/mol. The molecule has 0 aromatic heterocycles. The molecule has 1 aliphatic rings. The molecule has 0 aromatic rings. The Balaban J connectivity index is 2.69. The third-order valence-electron chi connectivity index (χ3n) is 2.46. The first-order valence-electron chi connectivity index (χ1n) is 4.74. The highest BCUT2D eigenvalue weighted by Gasteiger charge is 2.40. The van der Waals surface area contributed by atoms with Crippen LogP contribution in [0.5, 0.6) is 0 Å². The monoisotopic (exact) mass is 201 g/mol. The fraction of sp³-hybridized carbons (Fsp3) is 0.778. The number of nitrogens with zero attached hydrogens (tertiary/aromatic N) is 1. The standard InChI is InChI=1S/C9H15NO4/c1-3-14-9(13)10-5-4-6(2)7(10)8(11)12/h6-7H,3-5H2,1-2H3,(H,11,12). The number of rotatable bonds is 2. The van der Waals surface area contributed by atoms with Crippen LogP contribution in [-0.2, 0) is 9.53 Å². The number of likely N-dealkylation sites (tertiary alicyclic amines) is 1. The first-order chi connectivity index (χ1) is 6.57. The number of hydrogen-bond acceptors (Lipinski definition) is 3. The maximum atomic E-state index is 11.3. The number of ether oxygens (including phenoxy) is 1. The van der Waals surface area contributed by atoms with Crippen LogP contribution >= 0.6 is 0 Å². The highest BCUT2D eigenvalue weighted by Crippen LogP contribution is 2.24. The number of carbonyl (C=O) groups excluding carboxylic acids is 1. The molecule has 2 unspecified atom stereocenters. The topological polar surface area (TPSA) is 66.8 Å². The molecular formula is C9H15NO4. The Morgan fingerprint density at radius 2 is 2.21 bits per heavy atom. The van der Waals surface area contributed by atoms with Crippen molar-refractivity contribution in [3.63, 3.8) is 0 Å². The summed E-state index contributed by atoms with van der Waals surface area (Å²) >= 11 is 0. The lowest BCUT2D eigenvalue weighted by molar-refractivity contribution is -0.142. The van der Waals surface area contributed by atoms with Gasteiger partial charge in [0.15, 0.2) is 0 Å². The summed E-state index contributed by atoms with van der Waals surface area (Å²) in [4.78, 5) is 23.5. The van der Waals surface area contributed by atoms with Crippen molar-refractivity contribution in [2.45, 2.75) is 26.3 Å². The van der Waals surface area contributed by atoms with Crippen LogP contribution in [0.2, 0.25) is 0 Å². The number of carboxylic acids is 1. The van der Waals surface area contributed by atoms with Gasteiger partial charge in [-0.3, -0.25) is 4.90 Å². The predicted octanol–water partition coefficient (Wildman–Crippen LogP) is 0.938. The first kappa shape index (κ1) is 10.8. The number of carbonyl (C=O) groups is 2. The van der Waals surface area contributed by atoms with E-state index in [1.165, 1.54) is 4.90 Å². The molecule has 0 spiro atoms. The smallest absolute Gasteiger partial charge is 0.410 e. The second-order valence-corrected chi connectivity index (χ2v) is 3.44. The Morgan fingerprint density at radius 3 is 2.71 bits per heavy atom. The van der Waals surface area contributed by atoms with Gasteiger partial charge in [-0.1, -0.05) is 6.92 Å². The lowest BCUT2D eigenvalue weighted by Crippen LogP contribution is -2.43. The molecule has 1 fully saturated rings. The van der Waals surface area contributed by atoms with Crippen molar-refractivity contribution in [2.75, 3.05) is 13.2 Å². The molecule has 2 atom stereocenters. The van der Waals surface area contributed by atoms with Crippen LogP contribution in [0.4, 0.5) is 4.79 Å². The van der Waals surface area contributed by atoms with Gasteiger partial charge in [0, 0.05) is 6.54 Å². The summed E-state index contributed by atoms with van der Waals surface area (Å²) in [5, 5.41) is 8.92. The number of hydrogen-bond donors (Lipinski definition) is 1. The number of aliphatic carboxylic acids is 1. The van der Waals surface area contributed by atoms with E-state index < -0.39 is 18.1 Å². The Kier molecular flexibility index (Phi) is 3.33. The first-order valence-corrected chi connectivity index (χ1v) is 4.74. The van der Waals surface area contributed by atoms with E-state index >= 15 is 0 Å². The van der Waals surface area contributed by atoms with Crippen molar-refractivity contribution < 1.29 is 19.4 Å². The fourth-order valence-corrected chi connectivity index (χ4v) is 1.73. The van der Waals surface area contributed by atoms with E-state index in [0.717, 1.165) is 6.42 Å². The van der Waals surface area contributed by atoms with Gasteiger partial charge in [-0.2, -0.15) is 0 Å². The molecule has 1 N–H and O–H groups in total. The molecule has 0 aliphatic carbocycles. The van der Waals surface area contributed by atoms with Crippen LogP contribution in [0.25, 0.3) is 0 Å². The average Bonchev–Trinajstić information content (AvgIpc) is 2.47.